The van der Waals surface area contributed by atoms with E-state index in [0.29, 0.717) is 13.0 Å². The monoisotopic (exact) mass is 305 g/mol. The second-order valence-electron chi connectivity index (χ2n) is 6.43. The summed E-state index contributed by atoms with van der Waals surface area (Å²) in [6.07, 6.45) is 0.942. The van der Waals surface area contributed by atoms with Crippen molar-refractivity contribution in [2.24, 2.45) is 0 Å². The molecule has 1 aromatic rings. The Labute approximate surface area is 131 Å². The smallest absolute Gasteiger partial charge is 0.410 e. The number of hydrogen-bond acceptors (Lipinski definition) is 4. The number of amides is 1. The van der Waals surface area contributed by atoms with Crippen molar-refractivity contribution in [2.45, 2.75) is 51.9 Å². The van der Waals surface area contributed by atoms with E-state index in [4.69, 9.17) is 9.47 Å². The van der Waals surface area contributed by atoms with Gasteiger partial charge in [0.1, 0.15) is 18.2 Å². The molecule has 1 amide bonds. The van der Waals surface area contributed by atoms with E-state index in [2.05, 4.69) is 0 Å². The molecular formula is C17H23NO4. The second kappa shape index (κ2) is 6.81. The van der Waals surface area contributed by atoms with E-state index >= 15 is 0 Å². The standard InChI is InChI=1S/C17H23NO4/c1-17(2,3)22-15(19)14-10-7-11-18(14)16(20)21-12-13-8-5-4-6-9-13/h4-6,8-9,14H,7,10-12H2,1-3H3. The van der Waals surface area contributed by atoms with Gasteiger partial charge in [-0.15, -0.1) is 0 Å². The lowest BCUT2D eigenvalue weighted by Crippen LogP contribution is -2.43. The summed E-state index contributed by atoms with van der Waals surface area (Å²) in [7, 11) is 0. The van der Waals surface area contributed by atoms with Crippen LogP contribution in [0.4, 0.5) is 4.79 Å². The number of hydrogen-bond donors (Lipinski definition) is 0. The van der Waals surface area contributed by atoms with Crippen LogP contribution in [0.2, 0.25) is 0 Å². The first-order valence-corrected chi connectivity index (χ1v) is 7.57. The lowest BCUT2D eigenvalue weighted by Gasteiger charge is -2.26. The maximum Gasteiger partial charge on any atom is 0.410 e. The fourth-order valence-electron chi connectivity index (χ4n) is 2.40. The zero-order valence-electron chi connectivity index (χ0n) is 13.4. The molecule has 2 rings (SSSR count). The molecular weight excluding hydrogens is 282 g/mol. The number of esters is 1. The van der Waals surface area contributed by atoms with Crippen molar-refractivity contribution in [3.63, 3.8) is 0 Å². The van der Waals surface area contributed by atoms with Crippen molar-refractivity contribution in [1.82, 2.24) is 4.90 Å². The fraction of sp³-hybridized carbons (Fsp3) is 0.529. The largest absolute Gasteiger partial charge is 0.458 e. The Balaban J connectivity index is 1.92. The van der Waals surface area contributed by atoms with E-state index in [1.807, 2.05) is 51.1 Å². The first kappa shape index (κ1) is 16.3. The molecule has 22 heavy (non-hydrogen) atoms. The van der Waals surface area contributed by atoms with Crippen molar-refractivity contribution in [3.05, 3.63) is 35.9 Å². The number of carbonyl (C=O) groups is 2. The molecule has 1 atom stereocenters. The zero-order chi connectivity index (χ0) is 16.2. The SMILES string of the molecule is CC(C)(C)OC(=O)C1CCCN1C(=O)OCc1ccccc1. The summed E-state index contributed by atoms with van der Waals surface area (Å²) >= 11 is 0. The summed E-state index contributed by atoms with van der Waals surface area (Å²) in [5.74, 6) is -0.360. The van der Waals surface area contributed by atoms with Crippen LogP contribution in [0.3, 0.4) is 0 Å². The minimum atomic E-state index is -0.556. The summed E-state index contributed by atoms with van der Waals surface area (Å²) in [6.45, 7) is 6.18. The number of carbonyl (C=O) groups excluding carboxylic acids is 2. The molecule has 0 aliphatic carbocycles. The first-order valence-electron chi connectivity index (χ1n) is 7.57. The number of benzene rings is 1. The molecule has 1 saturated heterocycles. The summed E-state index contributed by atoms with van der Waals surface area (Å²) in [5.41, 5.74) is 0.364. The highest BCUT2D eigenvalue weighted by Crippen LogP contribution is 2.22. The Morgan fingerprint density at radius 2 is 1.91 bits per heavy atom. The van der Waals surface area contributed by atoms with Crippen LogP contribution in [-0.4, -0.2) is 35.2 Å². The van der Waals surface area contributed by atoms with Gasteiger partial charge in [0, 0.05) is 6.54 Å². The van der Waals surface area contributed by atoms with Crippen LogP contribution in [0.15, 0.2) is 30.3 Å². The van der Waals surface area contributed by atoms with Crippen molar-refractivity contribution >= 4 is 12.1 Å². The molecule has 0 aromatic heterocycles. The Morgan fingerprint density at radius 3 is 2.55 bits per heavy atom. The van der Waals surface area contributed by atoms with Gasteiger partial charge in [0.2, 0.25) is 0 Å². The third-order valence-corrected chi connectivity index (χ3v) is 3.37. The number of rotatable bonds is 3. The fourth-order valence-corrected chi connectivity index (χ4v) is 2.40. The van der Waals surface area contributed by atoms with Crippen LogP contribution >= 0.6 is 0 Å². The third kappa shape index (κ3) is 4.48. The molecule has 1 aliphatic heterocycles. The summed E-state index contributed by atoms with van der Waals surface area (Å²) in [5, 5.41) is 0. The Hall–Kier alpha value is -2.04. The van der Waals surface area contributed by atoms with Gasteiger partial charge in [0.25, 0.3) is 0 Å². The van der Waals surface area contributed by atoms with Crippen molar-refractivity contribution in [3.8, 4) is 0 Å². The molecule has 1 heterocycles. The van der Waals surface area contributed by atoms with Gasteiger partial charge in [-0.25, -0.2) is 9.59 Å². The maximum absolute atomic E-state index is 12.2. The van der Waals surface area contributed by atoms with Crippen molar-refractivity contribution in [2.75, 3.05) is 6.54 Å². The highest BCUT2D eigenvalue weighted by molar-refractivity contribution is 5.82. The van der Waals surface area contributed by atoms with Crippen LogP contribution in [0.25, 0.3) is 0 Å². The molecule has 1 fully saturated rings. The highest BCUT2D eigenvalue weighted by Gasteiger charge is 2.37. The predicted molar refractivity (Wildman–Crippen MR) is 82.2 cm³/mol. The summed E-state index contributed by atoms with van der Waals surface area (Å²) in [4.78, 5) is 25.8. The average molecular weight is 305 g/mol. The quantitative estimate of drug-likeness (QED) is 0.805. The first-order chi connectivity index (χ1) is 10.4. The van der Waals surface area contributed by atoms with Gasteiger partial charge < -0.3 is 9.47 Å². The second-order valence-corrected chi connectivity index (χ2v) is 6.43. The van der Waals surface area contributed by atoms with Crippen molar-refractivity contribution < 1.29 is 19.1 Å². The minimum Gasteiger partial charge on any atom is -0.458 e. The lowest BCUT2D eigenvalue weighted by atomic mass is 10.1. The zero-order valence-corrected chi connectivity index (χ0v) is 13.4. The molecule has 1 unspecified atom stereocenters. The number of ether oxygens (including phenoxy) is 2. The highest BCUT2D eigenvalue weighted by atomic mass is 16.6. The van der Waals surface area contributed by atoms with Gasteiger partial charge >= 0.3 is 12.1 Å². The normalized spacial score (nSPS) is 18.1. The minimum absolute atomic E-state index is 0.206. The van der Waals surface area contributed by atoms with E-state index in [1.165, 1.54) is 4.90 Å². The molecule has 0 N–H and O–H groups in total. The molecule has 120 valence electrons. The lowest BCUT2D eigenvalue weighted by molar-refractivity contribution is -0.159. The van der Waals surface area contributed by atoms with Gasteiger partial charge in [-0.05, 0) is 39.2 Å². The predicted octanol–water partition coefficient (Wildman–Crippen LogP) is 3.13. The molecule has 0 saturated carbocycles. The van der Waals surface area contributed by atoms with Gasteiger partial charge in [-0.2, -0.15) is 0 Å². The van der Waals surface area contributed by atoms with Gasteiger partial charge in [0.15, 0.2) is 0 Å². The van der Waals surface area contributed by atoms with E-state index in [0.717, 1.165) is 12.0 Å². The van der Waals surface area contributed by atoms with Gasteiger partial charge in [0.05, 0.1) is 0 Å². The Morgan fingerprint density at radius 1 is 1.23 bits per heavy atom. The molecule has 0 radical (unpaired) electrons. The molecule has 1 aliphatic rings. The molecule has 5 heteroatoms. The van der Waals surface area contributed by atoms with Crippen LogP contribution in [0, 0.1) is 0 Å². The maximum atomic E-state index is 12.2. The Bertz CT molecular complexity index is 521. The topological polar surface area (TPSA) is 55.8 Å². The number of likely N-dealkylation sites (tertiary alicyclic amines) is 1. The third-order valence-electron chi connectivity index (χ3n) is 3.37. The van der Waals surface area contributed by atoms with Gasteiger partial charge in [-0.1, -0.05) is 30.3 Å². The van der Waals surface area contributed by atoms with E-state index in [1.54, 1.807) is 0 Å². The van der Waals surface area contributed by atoms with Gasteiger partial charge in [-0.3, -0.25) is 4.90 Å². The van der Waals surface area contributed by atoms with Crippen molar-refractivity contribution in [1.29, 1.82) is 0 Å². The van der Waals surface area contributed by atoms with Crippen LogP contribution < -0.4 is 0 Å². The average Bonchev–Trinajstić information content (AvgIpc) is 2.93. The summed E-state index contributed by atoms with van der Waals surface area (Å²) in [6, 6.07) is 8.93. The Kier molecular flexibility index (Phi) is 5.06. The van der Waals surface area contributed by atoms with Crippen LogP contribution in [0.1, 0.15) is 39.2 Å². The van der Waals surface area contributed by atoms with E-state index in [-0.39, 0.29) is 12.6 Å². The summed E-state index contributed by atoms with van der Waals surface area (Å²) < 4.78 is 10.7. The number of nitrogens with zero attached hydrogens (tertiary/aromatic N) is 1. The molecule has 0 spiro atoms. The van der Waals surface area contributed by atoms with E-state index in [9.17, 15) is 9.59 Å². The molecule has 0 bridgehead atoms. The molecule has 1 aromatic carbocycles. The van der Waals surface area contributed by atoms with Crippen LogP contribution in [-0.2, 0) is 20.9 Å². The molecule has 5 nitrogen and oxygen atoms in total. The van der Waals surface area contributed by atoms with Crippen LogP contribution in [0.5, 0.6) is 0 Å². The van der Waals surface area contributed by atoms with E-state index < -0.39 is 17.7 Å².